The van der Waals surface area contributed by atoms with E-state index >= 15 is 0 Å². The Bertz CT molecular complexity index is 102. The first-order chi connectivity index (χ1) is 4.92. The molecule has 11 heavy (non-hydrogen) atoms. The van der Waals surface area contributed by atoms with E-state index in [0.29, 0.717) is 0 Å². The zero-order chi connectivity index (χ0) is 8.91. The van der Waals surface area contributed by atoms with Gasteiger partial charge < -0.3 is 10.5 Å². The largest absolute Gasteiger partial charge is 0.391 e. The van der Waals surface area contributed by atoms with Gasteiger partial charge in [-0.05, 0) is 6.92 Å². The number of hydrogen-bond acceptors (Lipinski definition) is 2. The van der Waals surface area contributed by atoms with Crippen LogP contribution >= 0.6 is 0 Å². The molecule has 0 aliphatic heterocycles. The lowest BCUT2D eigenvalue weighted by Gasteiger charge is -2.08. The zero-order valence-corrected chi connectivity index (χ0v) is 6.32. The van der Waals surface area contributed by atoms with Gasteiger partial charge in [-0.2, -0.15) is 13.2 Å². The predicted molar refractivity (Wildman–Crippen MR) is 35.1 cm³/mol. The Morgan fingerprint density at radius 1 is 1.45 bits per heavy atom. The Balaban J connectivity index is 3.15. The minimum absolute atomic E-state index is 0.177. The number of hydrogen-bond donors (Lipinski definition) is 1. The van der Waals surface area contributed by atoms with Crippen molar-refractivity contribution in [2.75, 3.05) is 13.2 Å². The molecule has 1 atom stereocenters. The second kappa shape index (κ2) is 4.56. The lowest BCUT2D eigenvalue weighted by molar-refractivity contribution is -0.145. The minimum Gasteiger partial charge on any atom is -0.380 e. The Kier molecular flexibility index (Phi) is 4.44. The molecule has 2 nitrogen and oxygen atoms in total. The van der Waals surface area contributed by atoms with Crippen LogP contribution in [0.4, 0.5) is 13.2 Å². The van der Waals surface area contributed by atoms with Crippen LogP contribution < -0.4 is 5.73 Å². The molecule has 0 fully saturated rings. The van der Waals surface area contributed by atoms with Gasteiger partial charge in [0.1, 0.15) is 0 Å². The lowest BCUT2D eigenvalue weighted by atomic mass is 10.4. The first kappa shape index (κ1) is 10.7. The third-order valence-corrected chi connectivity index (χ3v) is 0.911. The Labute approximate surface area is 63.5 Å². The van der Waals surface area contributed by atoms with Crippen LogP contribution in [0.15, 0.2) is 0 Å². The van der Waals surface area contributed by atoms with E-state index in [0.717, 1.165) is 0 Å². The van der Waals surface area contributed by atoms with E-state index in [9.17, 15) is 13.2 Å². The fourth-order valence-electron chi connectivity index (χ4n) is 0.457. The number of rotatable bonds is 4. The monoisotopic (exact) mass is 171 g/mol. The summed E-state index contributed by atoms with van der Waals surface area (Å²) in [5.74, 6) is 0. The number of nitrogens with two attached hydrogens (primary N) is 1. The van der Waals surface area contributed by atoms with Crippen molar-refractivity contribution in [1.29, 1.82) is 0 Å². The molecule has 0 unspecified atom stereocenters. The molecule has 0 aromatic rings. The van der Waals surface area contributed by atoms with Crippen LogP contribution in [0.3, 0.4) is 0 Å². The highest BCUT2D eigenvalue weighted by Gasteiger charge is 2.26. The molecule has 0 spiro atoms. The van der Waals surface area contributed by atoms with Crippen molar-refractivity contribution in [3.63, 3.8) is 0 Å². The summed E-state index contributed by atoms with van der Waals surface area (Å²) in [5.41, 5.74) is 5.24. The molecule has 5 heteroatoms. The van der Waals surface area contributed by atoms with E-state index in [-0.39, 0.29) is 19.3 Å². The number of alkyl halides is 3. The zero-order valence-electron chi connectivity index (χ0n) is 6.32. The summed E-state index contributed by atoms with van der Waals surface area (Å²) in [6.07, 6.45) is -5.03. The van der Waals surface area contributed by atoms with Gasteiger partial charge in [0, 0.05) is 6.04 Å². The molecule has 0 radical (unpaired) electrons. The first-order valence-corrected chi connectivity index (χ1v) is 3.32. The van der Waals surface area contributed by atoms with Crippen LogP contribution in [-0.2, 0) is 4.74 Å². The van der Waals surface area contributed by atoms with Crippen molar-refractivity contribution in [1.82, 2.24) is 0 Å². The second-order valence-electron chi connectivity index (χ2n) is 2.42. The third-order valence-electron chi connectivity index (χ3n) is 0.911. The molecule has 68 valence electrons. The summed E-state index contributed by atoms with van der Waals surface area (Å²) < 4.78 is 39.0. The minimum atomic E-state index is -4.13. The SMILES string of the molecule is C[C@H](N)COCCC(F)(F)F. The summed E-state index contributed by atoms with van der Waals surface area (Å²) in [5, 5.41) is 0. The van der Waals surface area contributed by atoms with Crippen LogP contribution in [0.2, 0.25) is 0 Å². The highest BCUT2D eigenvalue weighted by molar-refractivity contribution is 4.51. The Morgan fingerprint density at radius 2 is 2.00 bits per heavy atom. The van der Waals surface area contributed by atoms with Crippen LogP contribution in [0, 0.1) is 0 Å². The molecule has 0 bridgehead atoms. The number of halogens is 3. The maximum Gasteiger partial charge on any atom is 0.391 e. The topological polar surface area (TPSA) is 35.2 Å². The summed E-state index contributed by atoms with van der Waals surface area (Å²) in [6.45, 7) is 1.55. The van der Waals surface area contributed by atoms with E-state index < -0.39 is 12.6 Å². The van der Waals surface area contributed by atoms with Gasteiger partial charge in [0.2, 0.25) is 0 Å². The lowest BCUT2D eigenvalue weighted by Crippen LogP contribution is -2.23. The molecule has 0 aliphatic carbocycles. The van der Waals surface area contributed by atoms with Gasteiger partial charge in [-0.25, -0.2) is 0 Å². The highest BCUT2D eigenvalue weighted by atomic mass is 19.4. The van der Waals surface area contributed by atoms with Crippen molar-refractivity contribution >= 4 is 0 Å². The molecule has 0 aromatic heterocycles. The van der Waals surface area contributed by atoms with Crippen molar-refractivity contribution in [3.05, 3.63) is 0 Å². The van der Waals surface area contributed by atoms with Crippen LogP contribution in [0.25, 0.3) is 0 Å². The fraction of sp³-hybridized carbons (Fsp3) is 1.00. The van der Waals surface area contributed by atoms with Gasteiger partial charge >= 0.3 is 6.18 Å². The summed E-state index contributed by atoms with van der Waals surface area (Å²) in [7, 11) is 0. The van der Waals surface area contributed by atoms with E-state index in [2.05, 4.69) is 4.74 Å². The van der Waals surface area contributed by atoms with Gasteiger partial charge in [-0.3, -0.25) is 0 Å². The molecule has 2 N–H and O–H groups in total. The average molecular weight is 171 g/mol. The van der Waals surface area contributed by atoms with Crippen molar-refractivity contribution in [2.45, 2.75) is 25.6 Å². The van der Waals surface area contributed by atoms with Gasteiger partial charge in [-0.1, -0.05) is 0 Å². The average Bonchev–Trinajstić information content (AvgIpc) is 1.78. The summed E-state index contributed by atoms with van der Waals surface area (Å²) >= 11 is 0. The summed E-state index contributed by atoms with van der Waals surface area (Å²) in [4.78, 5) is 0. The van der Waals surface area contributed by atoms with Crippen LogP contribution in [-0.4, -0.2) is 25.4 Å². The highest BCUT2D eigenvalue weighted by Crippen LogP contribution is 2.18. The van der Waals surface area contributed by atoms with Crippen molar-refractivity contribution in [2.24, 2.45) is 5.73 Å². The molecule has 0 aliphatic rings. The second-order valence-corrected chi connectivity index (χ2v) is 2.42. The quantitative estimate of drug-likeness (QED) is 0.647. The van der Waals surface area contributed by atoms with Gasteiger partial charge in [-0.15, -0.1) is 0 Å². The molecule has 0 saturated carbocycles. The van der Waals surface area contributed by atoms with Crippen LogP contribution in [0.5, 0.6) is 0 Å². The molecule has 0 rings (SSSR count). The molecular formula is C6H12F3NO. The van der Waals surface area contributed by atoms with Crippen molar-refractivity contribution < 1.29 is 17.9 Å². The summed E-state index contributed by atoms with van der Waals surface area (Å²) in [6, 6.07) is -0.205. The Hall–Kier alpha value is -0.290. The molecule has 0 saturated heterocycles. The molecule has 0 aromatic carbocycles. The first-order valence-electron chi connectivity index (χ1n) is 3.32. The van der Waals surface area contributed by atoms with E-state index in [1.807, 2.05) is 0 Å². The number of ether oxygens (including phenoxy) is 1. The van der Waals surface area contributed by atoms with Crippen LogP contribution in [0.1, 0.15) is 13.3 Å². The molecule has 0 heterocycles. The van der Waals surface area contributed by atoms with Gasteiger partial charge in [0.05, 0.1) is 19.6 Å². The maximum atomic E-state index is 11.5. The van der Waals surface area contributed by atoms with E-state index in [4.69, 9.17) is 5.73 Å². The standard InChI is InChI=1S/C6H12F3NO/c1-5(10)4-11-3-2-6(7,8)9/h5H,2-4,10H2,1H3/t5-/m0/s1. The molecular weight excluding hydrogens is 159 g/mol. The van der Waals surface area contributed by atoms with Gasteiger partial charge in [0.15, 0.2) is 0 Å². The third kappa shape index (κ3) is 9.71. The Morgan fingerprint density at radius 3 is 2.36 bits per heavy atom. The maximum absolute atomic E-state index is 11.5. The van der Waals surface area contributed by atoms with Gasteiger partial charge in [0.25, 0.3) is 0 Å². The van der Waals surface area contributed by atoms with E-state index in [1.165, 1.54) is 0 Å². The van der Waals surface area contributed by atoms with Crippen molar-refractivity contribution in [3.8, 4) is 0 Å². The molecule has 0 amide bonds. The normalized spacial score (nSPS) is 15.0. The fourth-order valence-corrected chi connectivity index (χ4v) is 0.457. The predicted octanol–water partition coefficient (Wildman–Crippen LogP) is 1.30. The van der Waals surface area contributed by atoms with E-state index in [1.54, 1.807) is 6.92 Å². The smallest absolute Gasteiger partial charge is 0.380 e.